The number of rotatable bonds is 12. The van der Waals surface area contributed by atoms with Crippen molar-refractivity contribution in [1.82, 2.24) is 9.62 Å². The first-order valence-corrected chi connectivity index (χ1v) is 15.1. The standard InChI is InChI=1S/C17H26N2O3S.C7H8.C6H12O2.C2H6/c1-14(2)13-19(11-4-10-18-17(21)22)23-16-8-6-15(7-9-16)5-3-12-20;1-7-5-3-2-4-6-7;1-2-7-6-4-3-5-8-6;1-2/h3,5-9,14,18,20H,4,10-13H2,1-2H3,(H,21,22);2-6H,1H3;6H,2-5H2,1H3;1-2H3/b5-3+;;;. The Bertz CT molecular complexity index is 873. The van der Waals surface area contributed by atoms with E-state index in [0.29, 0.717) is 12.5 Å². The average Bonchev–Trinajstić information content (AvgIpc) is 3.46. The summed E-state index contributed by atoms with van der Waals surface area (Å²) in [6.07, 6.45) is 5.75. The summed E-state index contributed by atoms with van der Waals surface area (Å²) in [6.45, 7) is 16.4. The van der Waals surface area contributed by atoms with Crippen LogP contribution in [0.2, 0.25) is 0 Å². The molecule has 1 amide bonds. The van der Waals surface area contributed by atoms with Gasteiger partial charge in [0.05, 0.1) is 6.61 Å². The number of carbonyl (C=O) groups is 1. The van der Waals surface area contributed by atoms with Crippen LogP contribution in [0.1, 0.15) is 65.0 Å². The quantitative estimate of drug-likeness (QED) is 0.178. The first kappa shape index (κ1) is 37.6. The molecule has 1 heterocycles. The highest BCUT2D eigenvalue weighted by Crippen LogP contribution is 2.24. The highest BCUT2D eigenvalue weighted by atomic mass is 32.2. The van der Waals surface area contributed by atoms with Gasteiger partial charge in [-0.2, -0.15) is 0 Å². The van der Waals surface area contributed by atoms with Gasteiger partial charge in [0.15, 0.2) is 6.29 Å². The monoisotopic (exact) mass is 576 g/mol. The highest BCUT2D eigenvalue weighted by molar-refractivity contribution is 7.97. The van der Waals surface area contributed by atoms with Gasteiger partial charge < -0.3 is 25.0 Å². The molecule has 2 aromatic carbocycles. The van der Waals surface area contributed by atoms with Crippen LogP contribution < -0.4 is 5.32 Å². The maximum Gasteiger partial charge on any atom is 0.404 e. The van der Waals surface area contributed by atoms with Crippen LogP contribution in [-0.4, -0.2) is 66.4 Å². The molecule has 1 fully saturated rings. The Kier molecular flexibility index (Phi) is 24.1. The molecule has 1 aliphatic rings. The van der Waals surface area contributed by atoms with Crippen molar-refractivity contribution in [2.45, 2.75) is 72.0 Å². The van der Waals surface area contributed by atoms with Crippen LogP contribution in [0.5, 0.6) is 0 Å². The van der Waals surface area contributed by atoms with Gasteiger partial charge in [0, 0.05) is 44.2 Å². The van der Waals surface area contributed by atoms with Crippen LogP contribution in [0.4, 0.5) is 4.79 Å². The van der Waals surface area contributed by atoms with Gasteiger partial charge >= 0.3 is 6.09 Å². The van der Waals surface area contributed by atoms with E-state index in [-0.39, 0.29) is 12.9 Å². The summed E-state index contributed by atoms with van der Waals surface area (Å²) in [4.78, 5) is 11.6. The zero-order valence-electron chi connectivity index (χ0n) is 25.3. The molecule has 2 aromatic rings. The second kappa shape index (κ2) is 25.6. The van der Waals surface area contributed by atoms with Gasteiger partial charge in [-0.25, -0.2) is 9.10 Å². The number of aliphatic hydroxyl groups is 1. The second-order valence-electron chi connectivity index (χ2n) is 9.17. The lowest BCUT2D eigenvalue weighted by atomic mass is 10.2. The molecule has 0 bridgehead atoms. The Hall–Kier alpha value is -2.36. The first-order valence-electron chi connectivity index (χ1n) is 14.4. The van der Waals surface area contributed by atoms with Crippen molar-refractivity contribution in [3.05, 3.63) is 71.8 Å². The van der Waals surface area contributed by atoms with Crippen molar-refractivity contribution < 1.29 is 24.5 Å². The van der Waals surface area contributed by atoms with Crippen molar-refractivity contribution in [2.75, 3.05) is 39.5 Å². The maximum atomic E-state index is 10.5. The minimum atomic E-state index is -0.973. The molecule has 0 aromatic heterocycles. The summed E-state index contributed by atoms with van der Waals surface area (Å²) >= 11 is 1.69. The van der Waals surface area contributed by atoms with Gasteiger partial charge in [-0.05, 0) is 62.3 Å². The number of aryl methyl sites for hydroxylation is 1. The van der Waals surface area contributed by atoms with Gasteiger partial charge in [-0.3, -0.25) is 0 Å². The molecule has 7 nitrogen and oxygen atoms in total. The summed E-state index contributed by atoms with van der Waals surface area (Å²) in [5.74, 6) is 0.543. The van der Waals surface area contributed by atoms with Gasteiger partial charge in [-0.15, -0.1) is 0 Å². The molecule has 0 spiro atoms. The fourth-order valence-corrected chi connectivity index (χ4v) is 4.56. The fourth-order valence-electron chi connectivity index (χ4n) is 3.41. The molecular formula is C32H52N2O5S. The average molecular weight is 577 g/mol. The van der Waals surface area contributed by atoms with Crippen LogP contribution in [0.3, 0.4) is 0 Å². The first-order chi connectivity index (χ1) is 19.3. The van der Waals surface area contributed by atoms with Crippen LogP contribution in [0.15, 0.2) is 65.6 Å². The van der Waals surface area contributed by atoms with Crippen molar-refractivity contribution in [2.24, 2.45) is 5.92 Å². The zero-order chi connectivity index (χ0) is 30.0. The lowest BCUT2D eigenvalue weighted by Crippen LogP contribution is -2.27. The summed E-state index contributed by atoms with van der Waals surface area (Å²) < 4.78 is 12.6. The Morgan fingerprint density at radius 3 is 2.33 bits per heavy atom. The SMILES string of the molecule is CC.CC(C)CN(CCCNC(=O)O)Sc1ccc(/C=C/CO)cc1.CCOC1CCCO1.Cc1ccccc1. The van der Waals surface area contributed by atoms with Gasteiger partial charge in [0.25, 0.3) is 0 Å². The number of hydrogen-bond acceptors (Lipinski definition) is 6. The molecule has 8 heteroatoms. The second-order valence-corrected chi connectivity index (χ2v) is 10.3. The van der Waals surface area contributed by atoms with Crippen LogP contribution in [0, 0.1) is 12.8 Å². The summed E-state index contributed by atoms with van der Waals surface area (Å²) in [6, 6.07) is 18.4. The van der Waals surface area contributed by atoms with E-state index >= 15 is 0 Å². The van der Waals surface area contributed by atoms with Gasteiger partial charge in [0.1, 0.15) is 0 Å². The van der Waals surface area contributed by atoms with E-state index in [1.54, 1.807) is 18.0 Å². The Labute approximate surface area is 247 Å². The van der Waals surface area contributed by atoms with Crippen molar-refractivity contribution >= 4 is 24.1 Å². The van der Waals surface area contributed by atoms with Crippen LogP contribution in [0.25, 0.3) is 6.08 Å². The molecule has 40 heavy (non-hydrogen) atoms. The number of carboxylic acid groups (broad SMARTS) is 1. The topological polar surface area (TPSA) is 91.3 Å². The number of hydrogen-bond donors (Lipinski definition) is 3. The minimum Gasteiger partial charge on any atom is -0.465 e. The highest BCUT2D eigenvalue weighted by Gasteiger charge is 2.13. The molecule has 1 aliphatic heterocycles. The molecule has 0 aliphatic carbocycles. The summed E-state index contributed by atoms with van der Waals surface area (Å²) in [5.41, 5.74) is 2.38. The summed E-state index contributed by atoms with van der Waals surface area (Å²) in [5, 5.41) is 19.8. The third-order valence-corrected chi connectivity index (χ3v) is 6.21. The van der Waals surface area contributed by atoms with Crippen molar-refractivity contribution in [3.63, 3.8) is 0 Å². The van der Waals surface area contributed by atoms with E-state index in [0.717, 1.165) is 56.0 Å². The van der Waals surface area contributed by atoms with Gasteiger partial charge in [-0.1, -0.05) is 87.9 Å². The maximum absolute atomic E-state index is 10.5. The Balaban J connectivity index is 0.000000718. The lowest BCUT2D eigenvalue weighted by molar-refractivity contribution is -0.106. The van der Waals surface area contributed by atoms with E-state index in [9.17, 15) is 4.79 Å². The molecule has 3 N–H and O–H groups in total. The number of aliphatic hydroxyl groups excluding tert-OH is 1. The normalized spacial score (nSPS) is 14.1. The van der Waals surface area contributed by atoms with Crippen LogP contribution in [-0.2, 0) is 9.47 Å². The van der Waals surface area contributed by atoms with E-state index in [1.807, 2.05) is 57.2 Å². The number of nitrogens with zero attached hydrogens (tertiary/aromatic N) is 1. The van der Waals surface area contributed by atoms with Crippen LogP contribution >= 0.6 is 11.9 Å². The van der Waals surface area contributed by atoms with Gasteiger partial charge in [0.2, 0.25) is 0 Å². The Morgan fingerprint density at radius 1 is 1.18 bits per heavy atom. The molecule has 0 radical (unpaired) electrons. The summed E-state index contributed by atoms with van der Waals surface area (Å²) in [7, 11) is 0. The number of nitrogens with one attached hydrogen (secondary N) is 1. The molecule has 0 saturated carbocycles. The third-order valence-electron chi connectivity index (χ3n) is 5.14. The van der Waals surface area contributed by atoms with E-state index in [2.05, 4.69) is 54.7 Å². The minimum absolute atomic E-state index is 0.0447. The molecule has 1 unspecified atom stereocenters. The lowest BCUT2D eigenvalue weighted by Gasteiger charge is -2.23. The molecular weight excluding hydrogens is 524 g/mol. The Morgan fingerprint density at radius 2 is 1.85 bits per heavy atom. The predicted molar refractivity (Wildman–Crippen MR) is 169 cm³/mol. The molecule has 3 rings (SSSR count). The molecule has 1 atom stereocenters. The fraction of sp³-hybridized carbons (Fsp3) is 0.531. The number of ether oxygens (including phenoxy) is 2. The van der Waals surface area contributed by atoms with Crippen molar-refractivity contribution in [3.8, 4) is 0 Å². The van der Waals surface area contributed by atoms with E-state index in [4.69, 9.17) is 19.7 Å². The molecule has 1 saturated heterocycles. The number of benzene rings is 2. The predicted octanol–water partition coefficient (Wildman–Crippen LogP) is 7.50. The largest absolute Gasteiger partial charge is 0.465 e. The van der Waals surface area contributed by atoms with E-state index < -0.39 is 6.09 Å². The van der Waals surface area contributed by atoms with E-state index in [1.165, 1.54) is 5.56 Å². The zero-order valence-corrected chi connectivity index (χ0v) is 26.2. The van der Waals surface area contributed by atoms with Crippen molar-refractivity contribution in [1.29, 1.82) is 0 Å². The third kappa shape index (κ3) is 21.5. The smallest absolute Gasteiger partial charge is 0.404 e. The number of amides is 1. The molecule has 226 valence electrons.